The van der Waals surface area contributed by atoms with Crippen molar-refractivity contribution in [1.29, 1.82) is 0 Å². The summed E-state index contributed by atoms with van der Waals surface area (Å²) in [4.78, 5) is 48.9. The normalized spacial score (nSPS) is 18.5. The largest absolute Gasteiger partial charge is 0.325 e. The molecule has 150 valence electrons. The summed E-state index contributed by atoms with van der Waals surface area (Å²) in [5.74, 6) is -1.18. The van der Waals surface area contributed by atoms with Crippen molar-refractivity contribution in [2.24, 2.45) is 0 Å². The molecule has 0 aromatic heterocycles. The number of urea groups is 1. The van der Waals surface area contributed by atoms with Gasteiger partial charge < -0.3 is 10.6 Å². The first kappa shape index (κ1) is 20.0. The van der Waals surface area contributed by atoms with Gasteiger partial charge in [-0.25, -0.2) is 4.79 Å². The molecule has 9 nitrogen and oxygen atoms in total. The molecule has 0 aliphatic carbocycles. The summed E-state index contributed by atoms with van der Waals surface area (Å²) in [6, 6.07) is 10.8. The predicted molar refractivity (Wildman–Crippen MR) is 105 cm³/mol. The van der Waals surface area contributed by atoms with Gasteiger partial charge in [0.15, 0.2) is 0 Å². The lowest BCUT2D eigenvalue weighted by atomic mass is 9.91. The van der Waals surface area contributed by atoms with E-state index >= 15 is 0 Å². The first-order valence-electron chi connectivity index (χ1n) is 8.88. The first-order valence-corrected chi connectivity index (χ1v) is 8.88. The Morgan fingerprint density at radius 2 is 1.83 bits per heavy atom. The molecule has 0 spiro atoms. The van der Waals surface area contributed by atoms with Crippen LogP contribution in [0.1, 0.15) is 23.6 Å². The Hall–Kier alpha value is -3.75. The van der Waals surface area contributed by atoms with Gasteiger partial charge in [0.25, 0.3) is 11.6 Å². The second-order valence-corrected chi connectivity index (χ2v) is 7.12. The third-order valence-corrected chi connectivity index (χ3v) is 4.90. The van der Waals surface area contributed by atoms with Crippen molar-refractivity contribution in [3.63, 3.8) is 0 Å². The topological polar surface area (TPSA) is 122 Å². The molecule has 4 amide bonds. The molecule has 1 unspecified atom stereocenters. The zero-order valence-corrected chi connectivity index (χ0v) is 16.2. The summed E-state index contributed by atoms with van der Waals surface area (Å²) in [5.41, 5.74) is 0.880. The van der Waals surface area contributed by atoms with Crippen LogP contribution in [0.3, 0.4) is 0 Å². The number of nitrogens with zero attached hydrogens (tertiary/aromatic N) is 2. The number of carbonyl (C=O) groups is 3. The summed E-state index contributed by atoms with van der Waals surface area (Å²) < 4.78 is 0. The summed E-state index contributed by atoms with van der Waals surface area (Å²) in [6.45, 7) is 4.57. The van der Waals surface area contributed by atoms with Crippen LogP contribution in [-0.2, 0) is 15.1 Å². The lowest BCUT2D eigenvalue weighted by molar-refractivity contribution is -0.385. The second-order valence-electron chi connectivity index (χ2n) is 7.12. The Bertz CT molecular complexity index is 1020. The average molecular weight is 396 g/mol. The van der Waals surface area contributed by atoms with Gasteiger partial charge in [-0.1, -0.05) is 35.9 Å². The van der Waals surface area contributed by atoms with E-state index in [-0.39, 0.29) is 11.4 Å². The summed E-state index contributed by atoms with van der Waals surface area (Å²) in [7, 11) is 0. The zero-order valence-electron chi connectivity index (χ0n) is 16.2. The van der Waals surface area contributed by atoms with Gasteiger partial charge in [-0.15, -0.1) is 0 Å². The van der Waals surface area contributed by atoms with Crippen molar-refractivity contribution in [2.75, 3.05) is 11.9 Å². The smallest absolute Gasteiger partial charge is 0.324 e. The van der Waals surface area contributed by atoms with Crippen LogP contribution in [-0.4, -0.2) is 34.2 Å². The molecule has 1 atom stereocenters. The van der Waals surface area contributed by atoms with Crippen LogP contribution in [0, 0.1) is 24.0 Å². The Morgan fingerprint density at radius 1 is 1.17 bits per heavy atom. The van der Waals surface area contributed by atoms with E-state index < -0.39 is 34.9 Å². The molecule has 1 heterocycles. The molecule has 3 rings (SSSR count). The molecule has 0 radical (unpaired) electrons. The van der Waals surface area contributed by atoms with Gasteiger partial charge in [0, 0.05) is 17.3 Å². The number of hydrogen-bond acceptors (Lipinski definition) is 5. The van der Waals surface area contributed by atoms with E-state index in [4.69, 9.17) is 0 Å². The van der Waals surface area contributed by atoms with Gasteiger partial charge >= 0.3 is 6.03 Å². The lowest BCUT2D eigenvalue weighted by Crippen LogP contribution is -2.42. The molecule has 1 fully saturated rings. The van der Waals surface area contributed by atoms with Gasteiger partial charge in [0.05, 0.1) is 4.92 Å². The van der Waals surface area contributed by atoms with E-state index in [9.17, 15) is 24.5 Å². The molecular formula is C20H20N4O5. The zero-order chi connectivity index (χ0) is 21.3. The number of nitro benzene ring substituents is 1. The van der Waals surface area contributed by atoms with E-state index in [1.165, 1.54) is 18.2 Å². The fourth-order valence-electron chi connectivity index (χ4n) is 3.15. The Balaban J connectivity index is 1.75. The average Bonchev–Trinajstić information content (AvgIpc) is 2.87. The first-order chi connectivity index (χ1) is 13.6. The van der Waals surface area contributed by atoms with E-state index in [0.717, 1.165) is 10.5 Å². The van der Waals surface area contributed by atoms with E-state index in [0.29, 0.717) is 11.1 Å². The molecule has 2 N–H and O–H groups in total. The van der Waals surface area contributed by atoms with E-state index in [2.05, 4.69) is 10.6 Å². The number of imide groups is 1. The van der Waals surface area contributed by atoms with Crippen molar-refractivity contribution in [1.82, 2.24) is 10.2 Å². The number of nitro groups is 1. The maximum absolute atomic E-state index is 12.9. The lowest BCUT2D eigenvalue weighted by Gasteiger charge is -2.22. The van der Waals surface area contributed by atoms with Crippen molar-refractivity contribution >= 4 is 29.2 Å². The minimum absolute atomic E-state index is 0.135. The van der Waals surface area contributed by atoms with Crippen molar-refractivity contribution in [3.05, 3.63) is 69.3 Å². The molecule has 0 saturated carbocycles. The summed E-state index contributed by atoms with van der Waals surface area (Å²) in [6.07, 6.45) is 0. The van der Waals surface area contributed by atoms with Crippen LogP contribution >= 0.6 is 0 Å². The number of benzene rings is 2. The van der Waals surface area contributed by atoms with Crippen LogP contribution < -0.4 is 10.6 Å². The van der Waals surface area contributed by atoms with Gasteiger partial charge in [0.1, 0.15) is 12.1 Å². The molecule has 2 aromatic carbocycles. The monoisotopic (exact) mass is 396 g/mol. The highest BCUT2D eigenvalue weighted by atomic mass is 16.6. The number of anilines is 1. The fourth-order valence-corrected chi connectivity index (χ4v) is 3.15. The molecular weight excluding hydrogens is 376 g/mol. The number of aryl methyl sites for hydroxylation is 2. The quantitative estimate of drug-likeness (QED) is 0.457. The Kier molecular flexibility index (Phi) is 5.06. The highest BCUT2D eigenvalue weighted by molar-refractivity contribution is 6.10. The third-order valence-electron chi connectivity index (χ3n) is 4.90. The van der Waals surface area contributed by atoms with Crippen molar-refractivity contribution in [3.8, 4) is 0 Å². The molecule has 1 aliphatic rings. The van der Waals surface area contributed by atoms with Gasteiger partial charge in [-0.05, 0) is 32.4 Å². The molecule has 2 aromatic rings. The highest BCUT2D eigenvalue weighted by Crippen LogP contribution is 2.29. The van der Waals surface area contributed by atoms with Crippen molar-refractivity contribution in [2.45, 2.75) is 26.3 Å². The Morgan fingerprint density at radius 3 is 2.45 bits per heavy atom. The molecule has 1 aliphatic heterocycles. The van der Waals surface area contributed by atoms with E-state index in [1.807, 2.05) is 19.1 Å². The van der Waals surface area contributed by atoms with Crippen LogP contribution in [0.25, 0.3) is 0 Å². The maximum Gasteiger partial charge on any atom is 0.325 e. The molecule has 29 heavy (non-hydrogen) atoms. The number of rotatable bonds is 5. The number of nitrogens with one attached hydrogen (secondary N) is 2. The molecule has 0 bridgehead atoms. The van der Waals surface area contributed by atoms with Crippen LogP contribution in [0.5, 0.6) is 0 Å². The number of hydrogen-bond donors (Lipinski definition) is 2. The summed E-state index contributed by atoms with van der Waals surface area (Å²) in [5, 5.41) is 16.2. The number of amides is 4. The second kappa shape index (κ2) is 7.34. The van der Waals surface area contributed by atoms with Crippen LogP contribution in [0.4, 0.5) is 16.2 Å². The van der Waals surface area contributed by atoms with Gasteiger partial charge in [0.2, 0.25) is 5.91 Å². The standard InChI is InChI=1S/C20H20N4O5/c1-12-4-7-14(8-5-12)20(3)18(26)23(19(27)22-20)11-17(25)21-15-9-6-13(2)16(10-15)24(28)29/h4-10H,11H2,1-3H3,(H,21,25)(H,22,27). The maximum atomic E-state index is 12.9. The summed E-state index contributed by atoms with van der Waals surface area (Å²) >= 11 is 0. The molecule has 1 saturated heterocycles. The SMILES string of the molecule is Cc1ccc(C2(C)NC(=O)N(CC(=O)Nc3ccc(C)c([N+](=O)[O-])c3)C2=O)cc1. The fraction of sp³-hybridized carbons (Fsp3) is 0.250. The molecule has 9 heteroatoms. The van der Waals surface area contributed by atoms with E-state index in [1.54, 1.807) is 26.0 Å². The highest BCUT2D eigenvalue weighted by Gasteiger charge is 2.49. The van der Waals surface area contributed by atoms with Gasteiger partial charge in [-0.2, -0.15) is 0 Å². The Labute approximate surface area is 166 Å². The third kappa shape index (κ3) is 3.79. The minimum atomic E-state index is -1.27. The van der Waals surface area contributed by atoms with Crippen molar-refractivity contribution < 1.29 is 19.3 Å². The minimum Gasteiger partial charge on any atom is -0.324 e. The predicted octanol–water partition coefficient (Wildman–Crippen LogP) is 2.62. The number of carbonyl (C=O) groups excluding carboxylic acids is 3. The van der Waals surface area contributed by atoms with Gasteiger partial charge in [-0.3, -0.25) is 24.6 Å². The van der Waals surface area contributed by atoms with Crippen LogP contribution in [0.2, 0.25) is 0 Å². The van der Waals surface area contributed by atoms with Crippen LogP contribution in [0.15, 0.2) is 42.5 Å².